The van der Waals surface area contributed by atoms with E-state index in [0.29, 0.717) is 48.1 Å². The summed E-state index contributed by atoms with van der Waals surface area (Å²) >= 11 is 0. The number of carbonyl (C=O) groups is 1. The van der Waals surface area contributed by atoms with Crippen molar-refractivity contribution in [2.75, 3.05) is 13.1 Å². The summed E-state index contributed by atoms with van der Waals surface area (Å²) in [5, 5.41) is 21.9. The number of pyridine rings is 1. The topological polar surface area (TPSA) is 108 Å². The highest BCUT2D eigenvalue weighted by atomic mass is 32.2. The number of fused-ring (bicyclic) bond motifs is 1. The van der Waals surface area contributed by atoms with Gasteiger partial charge >= 0.3 is 0 Å². The number of para-hydroxylation sites is 2. The van der Waals surface area contributed by atoms with Crippen molar-refractivity contribution >= 4 is 26.6 Å². The lowest BCUT2D eigenvalue weighted by atomic mass is 9.83. The van der Waals surface area contributed by atoms with Crippen LogP contribution in [0.1, 0.15) is 34.3 Å². The Morgan fingerprint density at radius 3 is 2.33 bits per heavy atom. The van der Waals surface area contributed by atoms with Gasteiger partial charge in [-0.05, 0) is 48.7 Å². The minimum Gasteiger partial charge on any atom is -0.508 e. The van der Waals surface area contributed by atoms with E-state index in [1.54, 1.807) is 77.8 Å². The van der Waals surface area contributed by atoms with E-state index in [9.17, 15) is 23.4 Å². The Hall–Kier alpha value is -3.75. The van der Waals surface area contributed by atoms with E-state index in [2.05, 4.69) is 4.98 Å². The first-order valence-corrected chi connectivity index (χ1v) is 13.4. The molecule has 1 amide bonds. The van der Waals surface area contributed by atoms with Crippen LogP contribution in [0.5, 0.6) is 5.75 Å². The molecule has 0 radical (unpaired) electrons. The molecule has 2 N–H and O–H groups in total. The highest BCUT2D eigenvalue weighted by Gasteiger charge is 2.37. The molecule has 0 unspecified atom stereocenters. The van der Waals surface area contributed by atoms with Gasteiger partial charge in [0.05, 0.1) is 21.8 Å². The molecule has 36 heavy (non-hydrogen) atoms. The fourth-order valence-electron chi connectivity index (χ4n) is 4.77. The van der Waals surface area contributed by atoms with Crippen molar-refractivity contribution in [1.29, 1.82) is 0 Å². The molecule has 1 aliphatic heterocycles. The van der Waals surface area contributed by atoms with Crippen molar-refractivity contribution in [3.63, 3.8) is 0 Å². The number of aliphatic hydroxyl groups is 1. The monoisotopic (exact) mass is 502 g/mol. The number of aromatic hydroxyl groups is 1. The lowest BCUT2D eigenvalue weighted by Gasteiger charge is -2.38. The highest BCUT2D eigenvalue weighted by Crippen LogP contribution is 2.37. The van der Waals surface area contributed by atoms with Gasteiger partial charge in [0.25, 0.3) is 5.91 Å². The molecule has 0 spiro atoms. The molecule has 0 aliphatic carbocycles. The molecule has 1 saturated heterocycles. The summed E-state index contributed by atoms with van der Waals surface area (Å²) in [5.74, 6) is -0.333. The summed E-state index contributed by atoms with van der Waals surface area (Å²) in [4.78, 5) is 19.2. The maximum absolute atomic E-state index is 13.1. The van der Waals surface area contributed by atoms with Crippen molar-refractivity contribution in [1.82, 2.24) is 9.88 Å². The average Bonchev–Trinajstić information content (AvgIpc) is 2.89. The predicted molar refractivity (Wildman–Crippen MR) is 136 cm³/mol. The molecule has 0 bridgehead atoms. The van der Waals surface area contributed by atoms with E-state index in [4.69, 9.17) is 0 Å². The van der Waals surface area contributed by atoms with Crippen LogP contribution in [-0.2, 0) is 21.2 Å². The van der Waals surface area contributed by atoms with E-state index in [1.165, 1.54) is 0 Å². The summed E-state index contributed by atoms with van der Waals surface area (Å²) in [5.41, 5.74) is 0.768. The second-order valence-electron chi connectivity index (χ2n) is 9.13. The lowest BCUT2D eigenvalue weighted by Crippen LogP contribution is -2.45. The zero-order chi connectivity index (χ0) is 25.3. The van der Waals surface area contributed by atoms with Crippen LogP contribution in [0.2, 0.25) is 0 Å². The van der Waals surface area contributed by atoms with Gasteiger partial charge in [-0.3, -0.25) is 9.78 Å². The number of phenols is 1. The highest BCUT2D eigenvalue weighted by molar-refractivity contribution is 7.90. The fraction of sp³-hybridized carbons (Fsp3) is 0.214. The zero-order valence-corrected chi connectivity index (χ0v) is 20.4. The largest absolute Gasteiger partial charge is 0.508 e. The number of nitrogens with zero attached hydrogens (tertiary/aromatic N) is 2. The first-order valence-electron chi connectivity index (χ1n) is 11.7. The van der Waals surface area contributed by atoms with Crippen molar-refractivity contribution in [3.8, 4) is 5.75 Å². The van der Waals surface area contributed by atoms with E-state index in [0.717, 1.165) is 5.39 Å². The number of likely N-dealkylation sites (tertiary alicyclic amines) is 1. The number of aromatic nitrogens is 1. The zero-order valence-electron chi connectivity index (χ0n) is 19.5. The third-order valence-corrected chi connectivity index (χ3v) is 8.48. The van der Waals surface area contributed by atoms with E-state index >= 15 is 0 Å². The minimum atomic E-state index is -3.64. The van der Waals surface area contributed by atoms with Crippen LogP contribution in [-0.4, -0.2) is 47.5 Å². The number of amides is 1. The van der Waals surface area contributed by atoms with Gasteiger partial charge in [-0.15, -0.1) is 0 Å². The van der Waals surface area contributed by atoms with Crippen molar-refractivity contribution < 1.29 is 23.4 Å². The second kappa shape index (κ2) is 9.37. The molecule has 3 aromatic carbocycles. The quantitative estimate of drug-likeness (QED) is 0.427. The first-order chi connectivity index (χ1) is 17.3. The summed E-state index contributed by atoms with van der Waals surface area (Å²) in [7, 11) is -3.64. The Balaban J connectivity index is 1.27. The molecule has 5 rings (SSSR count). The number of rotatable bonds is 5. The Kier molecular flexibility index (Phi) is 6.24. The van der Waals surface area contributed by atoms with Gasteiger partial charge in [0.15, 0.2) is 9.84 Å². The van der Waals surface area contributed by atoms with Gasteiger partial charge in [0.2, 0.25) is 0 Å². The number of sulfone groups is 1. The summed E-state index contributed by atoms with van der Waals surface area (Å²) in [6.45, 7) is 0.682. The minimum absolute atomic E-state index is 0.0459. The molecule has 0 saturated carbocycles. The van der Waals surface area contributed by atoms with Gasteiger partial charge in [0, 0.05) is 35.8 Å². The van der Waals surface area contributed by atoms with E-state index < -0.39 is 15.4 Å². The third kappa shape index (κ3) is 4.57. The van der Waals surface area contributed by atoms with Crippen LogP contribution < -0.4 is 0 Å². The molecule has 1 aliphatic rings. The standard InChI is InChI=1S/C28H26N2O5S/c31-24-8-2-1-7-23(24)28(33)14-17-30(18-15-28)27(32)22-12-10-20(11-13-22)19-36(34,35)25-9-3-5-21-6-4-16-29-26(21)25/h1-13,16,31,33H,14-15,17-19H2. The molecule has 7 nitrogen and oxygen atoms in total. The van der Waals surface area contributed by atoms with Crippen molar-refractivity contribution in [2.24, 2.45) is 0 Å². The summed E-state index contributed by atoms with van der Waals surface area (Å²) < 4.78 is 26.3. The smallest absolute Gasteiger partial charge is 0.253 e. The first kappa shape index (κ1) is 24.0. The summed E-state index contributed by atoms with van der Waals surface area (Å²) in [6, 6.07) is 22.0. The van der Waals surface area contributed by atoms with Gasteiger partial charge in [0.1, 0.15) is 5.75 Å². The molecule has 184 valence electrons. The Morgan fingerprint density at radius 1 is 0.917 bits per heavy atom. The molecular formula is C28H26N2O5S. The van der Waals surface area contributed by atoms with Crippen molar-refractivity contribution in [2.45, 2.75) is 29.1 Å². The molecule has 4 aromatic rings. The number of benzene rings is 3. The summed E-state index contributed by atoms with van der Waals surface area (Å²) in [6.07, 6.45) is 2.20. The van der Waals surface area contributed by atoms with Crippen LogP contribution in [0.15, 0.2) is 90.0 Å². The van der Waals surface area contributed by atoms with Crippen molar-refractivity contribution in [3.05, 3.63) is 102 Å². The molecule has 1 fully saturated rings. The molecule has 1 aromatic heterocycles. The molecule has 8 heteroatoms. The van der Waals surface area contributed by atoms with Gasteiger partial charge in [-0.2, -0.15) is 0 Å². The number of phenolic OH excluding ortho intramolecular Hbond substituents is 1. The number of piperidine rings is 1. The average molecular weight is 503 g/mol. The molecular weight excluding hydrogens is 476 g/mol. The Labute approximate surface area is 209 Å². The van der Waals surface area contributed by atoms with Gasteiger partial charge < -0.3 is 15.1 Å². The van der Waals surface area contributed by atoms with E-state index in [1.807, 2.05) is 12.1 Å². The molecule has 0 atom stereocenters. The van der Waals surface area contributed by atoms with Crippen LogP contribution in [0.25, 0.3) is 10.9 Å². The van der Waals surface area contributed by atoms with Gasteiger partial charge in [-0.25, -0.2) is 8.42 Å². The second-order valence-corrected chi connectivity index (χ2v) is 11.1. The third-order valence-electron chi connectivity index (χ3n) is 6.77. The van der Waals surface area contributed by atoms with Crippen LogP contribution in [0, 0.1) is 0 Å². The van der Waals surface area contributed by atoms with Crippen LogP contribution >= 0.6 is 0 Å². The maximum atomic E-state index is 13.1. The predicted octanol–water partition coefficient (Wildman–Crippen LogP) is 4.04. The lowest BCUT2D eigenvalue weighted by molar-refractivity contribution is -0.0225. The number of hydrogen-bond acceptors (Lipinski definition) is 6. The molecule has 2 heterocycles. The number of carbonyl (C=O) groups excluding carboxylic acids is 1. The van der Waals surface area contributed by atoms with Gasteiger partial charge in [-0.1, -0.05) is 48.5 Å². The normalized spacial score (nSPS) is 15.6. The Bertz CT molecular complexity index is 1520. The Morgan fingerprint density at radius 2 is 1.61 bits per heavy atom. The fourth-order valence-corrected chi connectivity index (χ4v) is 6.30. The van der Waals surface area contributed by atoms with E-state index in [-0.39, 0.29) is 22.3 Å². The maximum Gasteiger partial charge on any atom is 0.253 e. The SMILES string of the molecule is O=C(c1ccc(CS(=O)(=O)c2cccc3cccnc23)cc1)N1CCC(O)(c2ccccc2O)CC1. The van der Waals surface area contributed by atoms with Crippen LogP contribution in [0.3, 0.4) is 0 Å². The number of hydrogen-bond donors (Lipinski definition) is 2. The van der Waals surface area contributed by atoms with Crippen LogP contribution in [0.4, 0.5) is 0 Å².